The van der Waals surface area contributed by atoms with Crippen LogP contribution in [0.2, 0.25) is 0 Å². The van der Waals surface area contributed by atoms with Gasteiger partial charge in [0, 0.05) is 105 Å². The molecule has 0 amide bonds. The molecule has 0 saturated heterocycles. The Labute approximate surface area is 781 Å². The van der Waals surface area contributed by atoms with E-state index in [4.69, 9.17) is 7.16 Å². The van der Waals surface area contributed by atoms with Crippen LogP contribution >= 0.6 is 11.3 Å². The van der Waals surface area contributed by atoms with Gasteiger partial charge in [0.25, 0.3) is 0 Å². The Morgan fingerprint density at radius 2 is 0.562 bits per heavy atom. The molecular weight excluding hydrogens is 1590 g/mol. The highest BCUT2D eigenvalue weighted by atomic mass is 32.1. The van der Waals surface area contributed by atoms with Crippen LogP contribution in [-0.2, 0) is 28.2 Å². The number of furan rings is 1. The van der Waals surface area contributed by atoms with Gasteiger partial charge >= 0.3 is 0 Å². The van der Waals surface area contributed by atoms with Gasteiger partial charge in [0.1, 0.15) is 39.4 Å². The average Bonchev–Trinajstić information content (AvgIpc) is 1.56. The van der Waals surface area contributed by atoms with E-state index in [-0.39, 0.29) is 0 Å². The van der Waals surface area contributed by atoms with Crippen molar-refractivity contribution in [2.75, 3.05) is 0 Å². The Hall–Kier alpha value is -12.2. The zero-order valence-corrected chi connectivity index (χ0v) is 79.3. The number of aryl methyl sites for hydroxylation is 12. The summed E-state index contributed by atoms with van der Waals surface area (Å²) in [4.78, 5) is 0. The molecule has 0 N–H and O–H groups in total. The summed E-state index contributed by atoms with van der Waals surface area (Å²) in [5.74, 6) is -2.08. The highest BCUT2D eigenvalue weighted by Gasteiger charge is 2.31. The quantitative estimate of drug-likeness (QED) is 0.112. The van der Waals surface area contributed by atoms with E-state index in [1.165, 1.54) is 190 Å². The summed E-state index contributed by atoms with van der Waals surface area (Å²) >= 11 is 1.86. The summed E-state index contributed by atoms with van der Waals surface area (Å²) in [6, 6.07) is 96.8. The number of rotatable bonds is 12. The molecule has 0 bridgehead atoms. The highest BCUT2D eigenvalue weighted by molar-refractivity contribution is 7.25. The van der Waals surface area contributed by atoms with Crippen molar-refractivity contribution in [3.63, 3.8) is 0 Å². The molecule has 0 atom stereocenters. The molecule has 0 aliphatic heterocycles. The maximum Gasteiger partial charge on any atom is 0.213 e. The summed E-state index contributed by atoms with van der Waals surface area (Å²) in [6.45, 7) is 17.5. The van der Waals surface area contributed by atoms with Crippen molar-refractivity contribution in [3.8, 4) is 89.5 Å². The predicted molar refractivity (Wildman–Crippen MR) is 550 cm³/mol. The van der Waals surface area contributed by atoms with E-state index in [0.717, 1.165) is 158 Å². The van der Waals surface area contributed by atoms with Gasteiger partial charge < -0.3 is 4.42 Å². The van der Waals surface area contributed by atoms with E-state index in [2.05, 4.69) is 394 Å². The maximum absolute atomic E-state index is 9.63. The van der Waals surface area contributed by atoms with Gasteiger partial charge in [-0.1, -0.05) is 265 Å². The van der Waals surface area contributed by atoms with Gasteiger partial charge in [-0.3, -0.25) is 0 Å². The zero-order valence-electron chi connectivity index (χ0n) is 82.5. The molecule has 6 heteroatoms. The second-order valence-electron chi connectivity index (χ2n) is 37.8. The second-order valence-corrected chi connectivity index (χ2v) is 38.9. The average molecular weight is 1730 g/mol. The smallest absolute Gasteiger partial charge is 0.213 e. The number of benzene rings is 12. The third-order valence-corrected chi connectivity index (χ3v) is 30.1. The fraction of sp³-hybridized carbons (Fsp3) is 0.290. The number of hydrogen-bond donors (Lipinski definition) is 0. The molecule has 12 aromatic carbocycles. The van der Waals surface area contributed by atoms with Crippen LogP contribution in [-0.4, -0.2) is 0 Å². The lowest BCUT2D eigenvalue weighted by Gasteiger charge is -2.24. The van der Waals surface area contributed by atoms with Crippen molar-refractivity contribution in [1.82, 2.24) is 0 Å². The minimum atomic E-state index is -0.588. The van der Waals surface area contributed by atoms with Crippen molar-refractivity contribution in [1.29, 1.82) is 0 Å². The molecule has 4 fully saturated rings. The van der Waals surface area contributed by atoms with Crippen LogP contribution in [0.5, 0.6) is 0 Å². The molecule has 5 nitrogen and oxygen atoms in total. The molecule has 0 radical (unpaired) electrons. The van der Waals surface area contributed by atoms with Gasteiger partial charge in [-0.15, -0.1) is 11.3 Å². The molecule has 6 heterocycles. The predicted octanol–water partition coefficient (Wildman–Crippen LogP) is 32.6. The van der Waals surface area contributed by atoms with Gasteiger partial charge in [-0.2, -0.15) is 0 Å². The van der Waals surface area contributed by atoms with E-state index in [9.17, 15) is 2.74 Å². The summed E-state index contributed by atoms with van der Waals surface area (Å²) in [5.41, 5.74) is 36.3. The van der Waals surface area contributed by atoms with Gasteiger partial charge in [0.15, 0.2) is 24.8 Å². The SMILES string of the molecule is Cc1c[n+](C)c(-c2ccccc2C)cc1-c1ccc(C)c2ccccc12.Cc1c[n+](C)c(-c2ccccc2C)cc1-c1cccc2c(C)cccc12.[2H]C1(c2ccc3c(c2)oc2cc(-c4cc(-c5ccccc5C)[n+](C)cc4C4([2H])CCCCC4)ccc23)CCCCC1.[2H]C1(c2ccc3c(c2)sc2cc(-c4cc(-c5ccccc5C)[n+](C)cc4C4([2H])CCCCC4)ccc23)CCCCC1. The lowest BCUT2D eigenvalue weighted by molar-refractivity contribution is -0.660. The Kier molecular flexibility index (Phi) is 24.3. The van der Waals surface area contributed by atoms with Gasteiger partial charge in [0.05, 0.1) is 0 Å². The minimum absolute atomic E-state index is 0.434. The maximum atomic E-state index is 9.63. The third kappa shape index (κ3) is 17.9. The molecular formula is C124H128N4OS+4. The first-order chi connectivity index (χ1) is 64.8. The zero-order chi connectivity index (χ0) is 92.9. The number of thiophene rings is 1. The summed E-state index contributed by atoms with van der Waals surface area (Å²) < 4.78 is 55.5. The largest absolute Gasteiger partial charge is 0.456 e. The summed E-state index contributed by atoms with van der Waals surface area (Å²) in [7, 11) is 8.52. The molecule has 18 aromatic rings. The van der Waals surface area contributed by atoms with Crippen LogP contribution in [0.3, 0.4) is 0 Å². The van der Waals surface area contributed by atoms with Crippen LogP contribution in [0.25, 0.3) is 153 Å². The Morgan fingerprint density at radius 3 is 1.03 bits per heavy atom. The first kappa shape index (κ1) is 82.2. The first-order valence-electron chi connectivity index (χ1n) is 50.1. The number of hydrogen-bond acceptors (Lipinski definition) is 2. The molecule has 0 unspecified atom stereocenters. The molecule has 4 aliphatic carbocycles. The van der Waals surface area contributed by atoms with E-state index in [1.54, 1.807) is 0 Å². The van der Waals surface area contributed by atoms with E-state index < -0.39 is 23.6 Å². The first-order valence-corrected chi connectivity index (χ1v) is 48.9. The Morgan fingerprint density at radius 1 is 0.238 bits per heavy atom. The third-order valence-electron chi connectivity index (χ3n) is 29.0. The standard InChI is InChI=1S/C37H40NO.C37H40NS.2C25H24N/c2*1-25-11-9-10-16-30(25)35-23-33(34(24-38(35)2)27-14-7-4-8-15-27)29-18-20-32-31-19-17-28(26-12-5-3-6-13-26)21-36(31)39-37(32)22-29;1-17-10-7-13-22-20(17)12-8-14-23(22)24-15-25(26(4)16-19(24)3)21-11-6-5-9-18(21)2;1-17-9-5-6-11-21(17)25-15-24(19(3)16-26(25)4)23-14-13-18(2)20-10-7-8-12-22(20)23/h2*9-11,16-24,26-27H,3-8,12-15H2,1-2H3;2*5-16H,1-4H3/q4*+1/i2*26D,27D;;. The molecule has 0 spiro atoms. The molecule has 4 aliphatic rings. The monoisotopic (exact) mass is 1730 g/mol. The van der Waals surface area contributed by atoms with E-state index in [0.29, 0.717) is 0 Å². The number of aromatic nitrogens is 4. The van der Waals surface area contributed by atoms with Crippen LogP contribution in [0.1, 0.15) is 224 Å². The van der Waals surface area contributed by atoms with Crippen molar-refractivity contribution in [3.05, 3.63) is 358 Å². The van der Waals surface area contributed by atoms with Crippen LogP contribution in [0, 0.1) is 55.4 Å². The normalized spacial score (nSPS) is 16.2. The van der Waals surface area contributed by atoms with Crippen LogP contribution in [0.4, 0.5) is 0 Å². The fourth-order valence-electron chi connectivity index (χ4n) is 21.7. The molecule has 22 rings (SSSR count). The minimum Gasteiger partial charge on any atom is -0.456 e. The van der Waals surface area contributed by atoms with Crippen molar-refractivity contribution in [2.45, 2.75) is 207 Å². The number of fused-ring (bicyclic) bond motifs is 8. The number of nitrogens with zero attached hydrogens (tertiary/aromatic N) is 4. The van der Waals surface area contributed by atoms with E-state index >= 15 is 0 Å². The van der Waals surface area contributed by atoms with Crippen molar-refractivity contribution < 1.29 is 28.2 Å². The second kappa shape index (κ2) is 38.4. The Balaban J connectivity index is 0.000000118. The summed E-state index contributed by atoms with van der Waals surface area (Å²) in [6.07, 6.45) is 30.4. The van der Waals surface area contributed by atoms with E-state index in [1.807, 2.05) is 11.3 Å². The highest BCUT2D eigenvalue weighted by Crippen LogP contribution is 2.48. The van der Waals surface area contributed by atoms with Gasteiger partial charge in [0.2, 0.25) is 22.8 Å². The lowest BCUT2D eigenvalue weighted by atomic mass is 9.81. The van der Waals surface area contributed by atoms with Gasteiger partial charge in [-0.25, -0.2) is 18.3 Å². The molecule has 4 saturated carbocycles. The van der Waals surface area contributed by atoms with Crippen LogP contribution in [0.15, 0.2) is 296 Å². The molecule has 130 heavy (non-hydrogen) atoms. The molecule has 652 valence electrons. The van der Waals surface area contributed by atoms with Crippen molar-refractivity contribution in [2.24, 2.45) is 28.2 Å². The summed E-state index contributed by atoms with van der Waals surface area (Å²) in [5, 5.41) is 10.1. The Bertz CT molecular complexity index is 7120. The number of pyridine rings is 4. The molecule has 6 aromatic heterocycles. The topological polar surface area (TPSA) is 28.7 Å². The fourth-order valence-corrected chi connectivity index (χ4v) is 22.9. The lowest BCUT2D eigenvalue weighted by Crippen LogP contribution is -2.32. The van der Waals surface area contributed by atoms with Gasteiger partial charge in [-0.05, 0) is 295 Å². The van der Waals surface area contributed by atoms with Crippen molar-refractivity contribution >= 4 is 75.0 Å². The van der Waals surface area contributed by atoms with Crippen LogP contribution < -0.4 is 18.3 Å².